The smallest absolute Gasteiger partial charge is 0.350 e. The van der Waals surface area contributed by atoms with Crippen molar-refractivity contribution in [3.05, 3.63) is 144 Å². The quantitative estimate of drug-likeness (QED) is 0.0561. The van der Waals surface area contributed by atoms with Gasteiger partial charge in [0.05, 0.1) is 32.9 Å². The van der Waals surface area contributed by atoms with E-state index in [4.69, 9.17) is 60.6 Å². The second-order valence-electron chi connectivity index (χ2n) is 16.8. The summed E-state index contributed by atoms with van der Waals surface area (Å²) in [7, 11) is 4.19. The monoisotopic (exact) mass is 1080 g/mol. The highest BCUT2D eigenvalue weighted by atomic mass is 35.5. The van der Waals surface area contributed by atoms with Gasteiger partial charge in [-0.25, -0.2) is 19.1 Å². The highest BCUT2D eigenvalue weighted by Gasteiger charge is 2.29. The molecule has 2 saturated heterocycles. The van der Waals surface area contributed by atoms with E-state index in [1.807, 2.05) is 79.2 Å². The van der Waals surface area contributed by atoms with Gasteiger partial charge in [0.25, 0.3) is 5.56 Å². The van der Waals surface area contributed by atoms with E-state index in [-0.39, 0.29) is 16.9 Å². The fraction of sp³-hybridized carbons (Fsp3) is 0.288. The Morgan fingerprint density at radius 2 is 1.25 bits per heavy atom. The lowest BCUT2D eigenvalue weighted by molar-refractivity contribution is -0.138. The van der Waals surface area contributed by atoms with Crippen LogP contribution in [-0.2, 0) is 9.53 Å². The largest absolute Gasteiger partial charge is 0.462 e. The molecular formula is C52H55Cl3N12O4S2. The van der Waals surface area contributed by atoms with Crippen LogP contribution in [0.4, 0.5) is 17.5 Å². The summed E-state index contributed by atoms with van der Waals surface area (Å²) >= 11 is 21.8. The summed E-state index contributed by atoms with van der Waals surface area (Å²) in [6.07, 6.45) is 3.64. The lowest BCUT2D eigenvalue weighted by Crippen LogP contribution is -2.45. The maximum Gasteiger partial charge on any atom is 0.350 e. The van der Waals surface area contributed by atoms with Gasteiger partial charge < -0.3 is 30.1 Å². The number of esters is 1. The summed E-state index contributed by atoms with van der Waals surface area (Å²) in [4.78, 5) is 51.7. The number of benzene rings is 4. The maximum absolute atomic E-state index is 14.5. The molecule has 73 heavy (non-hydrogen) atoms. The number of aromatic nitrogens is 6. The molecule has 0 bridgehead atoms. The predicted molar refractivity (Wildman–Crippen MR) is 299 cm³/mol. The van der Waals surface area contributed by atoms with Crippen LogP contribution in [0.15, 0.2) is 118 Å². The molecule has 5 heterocycles. The minimum atomic E-state index is -0.538. The third kappa shape index (κ3) is 12.6. The van der Waals surface area contributed by atoms with Crippen molar-refractivity contribution in [2.45, 2.75) is 13.8 Å². The normalized spacial score (nSPS) is 13.9. The Balaban J connectivity index is 0.000000188. The molecule has 21 heteroatoms. The summed E-state index contributed by atoms with van der Waals surface area (Å²) in [6, 6.07) is 33.4. The Hall–Kier alpha value is -6.30. The Kier molecular flexibility index (Phi) is 18.7. The molecule has 0 radical (unpaired) electrons. The molecule has 2 aliphatic rings. The Morgan fingerprint density at radius 3 is 1.75 bits per heavy atom. The van der Waals surface area contributed by atoms with Gasteiger partial charge in [0.2, 0.25) is 0 Å². The summed E-state index contributed by atoms with van der Waals surface area (Å²) in [5.41, 5.74) is 9.92. The SMILES string of the molecule is CC(=O)c1c(N2CCN(C)CC2)nn(-c2ccccc2)c1N.CCOC(=O)C(C#N)=C(SC)SC.CN1CCN(c2nn(-c3ccccc3)c3nc(-c4ccc(Cl)cc4Cl)n(-c4ccc(Cl)cc4)c(=O)c23)CC1. The number of hydrogen-bond donors (Lipinski definition) is 1. The molecule has 9 rings (SSSR count). The lowest BCUT2D eigenvalue weighted by Gasteiger charge is -2.32. The van der Waals surface area contributed by atoms with Gasteiger partial charge in [0.1, 0.15) is 22.8 Å². The number of nitriles is 1. The molecule has 0 unspecified atom stereocenters. The van der Waals surface area contributed by atoms with Crippen LogP contribution in [0.5, 0.6) is 0 Å². The fourth-order valence-electron chi connectivity index (χ4n) is 8.15. The minimum absolute atomic E-state index is 0.0476. The standard InChI is InChI=1S/C28H23Cl3N6O.C16H21N5O.C8H11NO2S2/c1-34-13-15-35(16-14-34)27-24-26(37(33-27)21-5-3-2-4-6-21)32-25(22-12-9-19(30)17-23(22)31)36(28(24)38)20-10-7-18(29)8-11-20;1-12(22)14-15(17)21(13-6-4-3-5-7-13)18-16(14)20-10-8-19(2)9-11-20;1-4-11-7(10)6(5-9)8(12-2)13-3/h2-12,17H,13-16H2,1H3;3-7H,8-11,17H2,1-2H3;4H2,1-3H3. The highest BCUT2D eigenvalue weighted by molar-refractivity contribution is 8.21. The first kappa shape index (κ1) is 54.5. The molecule has 380 valence electrons. The molecule has 2 N–H and O–H groups in total. The van der Waals surface area contributed by atoms with Gasteiger partial charge in [-0.05, 0) is 107 Å². The fourth-order valence-corrected chi connectivity index (χ4v) is 10.1. The number of hydrogen-bond acceptors (Lipinski definition) is 15. The number of carbonyl (C=O) groups excluding carboxylic acids is 2. The number of halogens is 3. The number of fused-ring (bicyclic) bond motifs is 1. The predicted octanol–water partition coefficient (Wildman–Crippen LogP) is 9.37. The molecule has 2 fully saturated rings. The molecule has 16 nitrogen and oxygen atoms in total. The Morgan fingerprint density at radius 1 is 0.726 bits per heavy atom. The summed E-state index contributed by atoms with van der Waals surface area (Å²) in [5, 5.41) is 20.2. The van der Waals surface area contributed by atoms with Crippen LogP contribution in [-0.4, -0.2) is 136 Å². The van der Waals surface area contributed by atoms with Crippen molar-refractivity contribution in [3.8, 4) is 34.5 Å². The zero-order valence-electron chi connectivity index (χ0n) is 41.3. The third-order valence-corrected chi connectivity index (χ3v) is 14.9. The van der Waals surface area contributed by atoms with Gasteiger partial charge in [0.15, 0.2) is 34.5 Å². The zero-order valence-corrected chi connectivity index (χ0v) is 45.2. The van der Waals surface area contributed by atoms with Gasteiger partial charge in [-0.1, -0.05) is 71.2 Å². The topological polar surface area (TPSA) is 177 Å². The van der Waals surface area contributed by atoms with E-state index in [9.17, 15) is 14.4 Å². The van der Waals surface area contributed by atoms with Crippen LogP contribution in [0.25, 0.3) is 39.5 Å². The van der Waals surface area contributed by atoms with E-state index in [2.05, 4.69) is 38.8 Å². The van der Waals surface area contributed by atoms with Gasteiger partial charge >= 0.3 is 5.97 Å². The van der Waals surface area contributed by atoms with Gasteiger partial charge in [-0.3, -0.25) is 14.2 Å². The zero-order chi connectivity index (χ0) is 52.3. The highest BCUT2D eigenvalue weighted by Crippen LogP contribution is 2.35. The van der Waals surface area contributed by atoms with Crippen molar-refractivity contribution in [3.63, 3.8) is 0 Å². The second kappa shape index (κ2) is 25.1. The van der Waals surface area contributed by atoms with Crippen LogP contribution < -0.4 is 21.1 Å². The summed E-state index contributed by atoms with van der Waals surface area (Å²) in [6.45, 7) is 10.4. The van der Waals surface area contributed by atoms with E-state index in [0.717, 1.165) is 63.7 Å². The van der Waals surface area contributed by atoms with Gasteiger partial charge in [-0.2, -0.15) is 5.26 Å². The van der Waals surface area contributed by atoms with Crippen LogP contribution in [0, 0.1) is 11.3 Å². The van der Waals surface area contributed by atoms with E-state index >= 15 is 0 Å². The van der Waals surface area contributed by atoms with Crippen LogP contribution in [0.3, 0.4) is 0 Å². The molecule has 0 aliphatic carbocycles. The van der Waals surface area contributed by atoms with Gasteiger partial charge in [0, 0.05) is 68.0 Å². The number of nitrogens with zero attached hydrogens (tertiary/aromatic N) is 11. The number of anilines is 3. The average molecular weight is 1080 g/mol. The molecule has 0 saturated carbocycles. The number of carbonyl (C=O) groups is 2. The third-order valence-electron chi connectivity index (χ3n) is 12.0. The first-order valence-corrected chi connectivity index (χ1v) is 26.8. The number of rotatable bonds is 11. The number of nitrogen functional groups attached to an aromatic ring is 1. The van der Waals surface area contributed by atoms with Crippen molar-refractivity contribution in [2.24, 2.45) is 0 Å². The van der Waals surface area contributed by atoms with Crippen molar-refractivity contribution >= 4 is 98.6 Å². The molecule has 0 atom stereocenters. The number of Topliss-reactive ketones (excluding diaryl/α,β-unsaturated/α-hetero) is 1. The minimum Gasteiger partial charge on any atom is -0.462 e. The van der Waals surface area contributed by atoms with Crippen molar-refractivity contribution in [1.82, 2.24) is 38.9 Å². The first-order valence-electron chi connectivity index (χ1n) is 23.2. The van der Waals surface area contributed by atoms with Crippen molar-refractivity contribution < 1.29 is 14.3 Å². The van der Waals surface area contributed by atoms with E-state index in [0.29, 0.717) is 77.0 Å². The van der Waals surface area contributed by atoms with Crippen LogP contribution in [0.2, 0.25) is 15.1 Å². The average Bonchev–Trinajstić information content (AvgIpc) is 3.96. The molecular weight excluding hydrogens is 1030 g/mol. The molecule has 0 amide bonds. The Bertz CT molecular complexity index is 3190. The molecule has 3 aromatic heterocycles. The molecule has 2 aliphatic heterocycles. The molecule has 0 spiro atoms. The van der Waals surface area contributed by atoms with E-state index in [1.165, 1.54) is 23.5 Å². The van der Waals surface area contributed by atoms with Crippen LogP contribution >= 0.6 is 58.3 Å². The lowest BCUT2D eigenvalue weighted by atomic mass is 10.1. The van der Waals surface area contributed by atoms with Gasteiger partial charge in [-0.15, -0.1) is 33.7 Å². The Labute approximate surface area is 447 Å². The van der Waals surface area contributed by atoms with E-state index < -0.39 is 5.97 Å². The maximum atomic E-state index is 14.5. The molecule has 7 aromatic rings. The van der Waals surface area contributed by atoms with Crippen molar-refractivity contribution in [1.29, 1.82) is 5.26 Å². The number of nitrogens with two attached hydrogens (primary N) is 1. The number of ketones is 1. The summed E-state index contributed by atoms with van der Waals surface area (Å²) in [5.74, 6) is 1.52. The number of para-hydroxylation sites is 2. The van der Waals surface area contributed by atoms with Crippen LogP contribution in [0.1, 0.15) is 24.2 Å². The first-order chi connectivity index (χ1) is 35.2. The van der Waals surface area contributed by atoms with E-state index in [1.54, 1.807) is 70.2 Å². The molecule has 4 aromatic carbocycles. The number of thioether (sulfide) groups is 2. The number of ether oxygens (including phenoxy) is 1. The number of piperazine rings is 2. The second-order valence-corrected chi connectivity index (χ2v) is 20.0. The number of likely N-dealkylation sites (N-methyl/N-ethyl adjacent to an activating group) is 2. The van der Waals surface area contributed by atoms with Crippen molar-refractivity contribution in [2.75, 3.05) is 101 Å². The summed E-state index contributed by atoms with van der Waals surface area (Å²) < 4.78 is 10.4.